The topological polar surface area (TPSA) is 34.0 Å². The molecule has 0 aliphatic carbocycles. The summed E-state index contributed by atoms with van der Waals surface area (Å²) < 4.78 is 15.0. The Morgan fingerprint density at radius 3 is 2.54 bits per heavy atom. The fraction of sp³-hybridized carbons (Fsp3) is 0.250. The minimum absolute atomic E-state index is 0.00339. The van der Waals surface area contributed by atoms with E-state index in [0.717, 1.165) is 11.1 Å². The van der Waals surface area contributed by atoms with Gasteiger partial charge < -0.3 is 9.88 Å². The van der Waals surface area contributed by atoms with E-state index in [4.69, 9.17) is 0 Å². The van der Waals surface area contributed by atoms with Crippen molar-refractivity contribution in [3.05, 3.63) is 71.2 Å². The van der Waals surface area contributed by atoms with Crippen molar-refractivity contribution in [3.63, 3.8) is 0 Å². The van der Waals surface area contributed by atoms with Gasteiger partial charge in [0.2, 0.25) is 5.91 Å². The summed E-state index contributed by atoms with van der Waals surface area (Å²) in [5, 5.41) is 4.13. The molecule has 3 rings (SSSR count). The predicted molar refractivity (Wildman–Crippen MR) is 94.2 cm³/mol. The number of fused-ring (bicyclic) bond motifs is 1. The van der Waals surface area contributed by atoms with Crippen LogP contribution in [0.1, 0.15) is 23.2 Å². The van der Waals surface area contributed by atoms with Gasteiger partial charge in [0.25, 0.3) is 0 Å². The quantitative estimate of drug-likeness (QED) is 0.759. The number of rotatable bonds is 5. The molecule has 0 unspecified atom stereocenters. The Morgan fingerprint density at radius 2 is 1.79 bits per heavy atom. The van der Waals surface area contributed by atoms with E-state index in [-0.39, 0.29) is 11.7 Å². The highest BCUT2D eigenvalue weighted by Crippen LogP contribution is 2.19. The average Bonchev–Trinajstić information content (AvgIpc) is 2.86. The van der Waals surface area contributed by atoms with Crippen molar-refractivity contribution in [1.29, 1.82) is 0 Å². The number of hydrogen-bond donors (Lipinski definition) is 1. The van der Waals surface area contributed by atoms with Crippen LogP contribution in [0.5, 0.6) is 0 Å². The molecule has 124 valence electrons. The molecule has 1 N–H and O–H groups in total. The van der Waals surface area contributed by atoms with Gasteiger partial charge in [-0.2, -0.15) is 0 Å². The van der Waals surface area contributed by atoms with Gasteiger partial charge in [0.1, 0.15) is 5.82 Å². The maximum atomic E-state index is 12.9. The van der Waals surface area contributed by atoms with E-state index in [1.54, 1.807) is 12.1 Å². The van der Waals surface area contributed by atoms with Gasteiger partial charge >= 0.3 is 0 Å². The SMILES string of the molecule is Cc1cc2cc(CNC(=O)CCc3ccc(F)cc3)ccc2n1C. The minimum atomic E-state index is -0.255. The molecular weight excluding hydrogens is 303 g/mol. The van der Waals surface area contributed by atoms with Gasteiger partial charge in [-0.15, -0.1) is 0 Å². The minimum Gasteiger partial charge on any atom is -0.352 e. The number of aromatic nitrogens is 1. The molecule has 0 radical (unpaired) electrons. The lowest BCUT2D eigenvalue weighted by molar-refractivity contribution is -0.121. The lowest BCUT2D eigenvalue weighted by Gasteiger charge is -2.06. The van der Waals surface area contributed by atoms with Crippen LogP contribution < -0.4 is 5.32 Å². The van der Waals surface area contributed by atoms with Gasteiger partial charge in [0, 0.05) is 36.6 Å². The van der Waals surface area contributed by atoms with Crippen molar-refractivity contribution in [1.82, 2.24) is 9.88 Å². The van der Waals surface area contributed by atoms with Crippen molar-refractivity contribution < 1.29 is 9.18 Å². The summed E-state index contributed by atoms with van der Waals surface area (Å²) in [5.74, 6) is -0.251. The standard InChI is InChI=1S/C20H21FN2O/c1-14-11-17-12-16(5-9-19(17)23(14)2)13-22-20(24)10-6-15-3-7-18(21)8-4-15/h3-5,7-9,11-12H,6,10,13H2,1-2H3,(H,22,24). The van der Waals surface area contributed by atoms with Crippen LogP contribution in [0.15, 0.2) is 48.5 Å². The second-order valence-corrected chi connectivity index (χ2v) is 6.14. The highest BCUT2D eigenvalue weighted by atomic mass is 19.1. The van der Waals surface area contributed by atoms with E-state index < -0.39 is 0 Å². The molecule has 0 bridgehead atoms. The van der Waals surface area contributed by atoms with Crippen LogP contribution in [0, 0.1) is 12.7 Å². The maximum absolute atomic E-state index is 12.9. The lowest BCUT2D eigenvalue weighted by Crippen LogP contribution is -2.22. The van der Waals surface area contributed by atoms with Crippen molar-refractivity contribution in [3.8, 4) is 0 Å². The van der Waals surface area contributed by atoms with E-state index in [1.807, 2.05) is 6.07 Å². The largest absolute Gasteiger partial charge is 0.352 e. The smallest absolute Gasteiger partial charge is 0.220 e. The number of halogens is 1. The molecule has 0 aliphatic rings. The van der Waals surface area contributed by atoms with Crippen LogP contribution in [0.2, 0.25) is 0 Å². The second kappa shape index (κ2) is 6.87. The molecule has 0 atom stereocenters. The third kappa shape index (κ3) is 3.65. The third-order valence-corrected chi connectivity index (χ3v) is 4.39. The number of carbonyl (C=O) groups is 1. The van der Waals surface area contributed by atoms with Crippen molar-refractivity contribution in [2.45, 2.75) is 26.3 Å². The number of aryl methyl sites for hydroxylation is 3. The molecule has 1 heterocycles. The molecular formula is C20H21FN2O. The normalized spacial score (nSPS) is 11.0. The Hall–Kier alpha value is -2.62. The van der Waals surface area contributed by atoms with Crippen LogP contribution in [0.4, 0.5) is 4.39 Å². The Bertz CT molecular complexity index is 865. The van der Waals surface area contributed by atoms with E-state index in [2.05, 4.69) is 42.1 Å². The number of nitrogens with zero attached hydrogens (tertiary/aromatic N) is 1. The van der Waals surface area contributed by atoms with Gasteiger partial charge in [0.05, 0.1) is 0 Å². The van der Waals surface area contributed by atoms with Crippen molar-refractivity contribution >= 4 is 16.8 Å². The number of benzene rings is 2. The molecule has 3 nitrogen and oxygen atoms in total. The van der Waals surface area contributed by atoms with Crippen molar-refractivity contribution in [2.75, 3.05) is 0 Å². The van der Waals surface area contributed by atoms with Crippen LogP contribution in [-0.4, -0.2) is 10.5 Å². The number of carbonyl (C=O) groups excluding carboxylic acids is 1. The lowest BCUT2D eigenvalue weighted by atomic mass is 10.1. The first-order valence-corrected chi connectivity index (χ1v) is 8.09. The molecule has 24 heavy (non-hydrogen) atoms. The molecule has 3 aromatic rings. The van der Waals surface area contributed by atoms with E-state index in [0.29, 0.717) is 19.4 Å². The third-order valence-electron chi connectivity index (χ3n) is 4.39. The average molecular weight is 324 g/mol. The van der Waals surface area contributed by atoms with Crippen LogP contribution >= 0.6 is 0 Å². The monoisotopic (exact) mass is 324 g/mol. The summed E-state index contributed by atoms with van der Waals surface area (Å²) in [5.41, 5.74) is 4.46. The summed E-state index contributed by atoms with van der Waals surface area (Å²) in [7, 11) is 2.05. The molecule has 2 aromatic carbocycles. The second-order valence-electron chi connectivity index (χ2n) is 6.14. The maximum Gasteiger partial charge on any atom is 0.220 e. The van der Waals surface area contributed by atoms with Gasteiger partial charge in [-0.1, -0.05) is 18.2 Å². The number of nitrogens with one attached hydrogen (secondary N) is 1. The molecule has 1 amide bonds. The van der Waals surface area contributed by atoms with E-state index in [9.17, 15) is 9.18 Å². The summed E-state index contributed by atoms with van der Waals surface area (Å²) in [6.45, 7) is 2.60. The fourth-order valence-corrected chi connectivity index (χ4v) is 2.84. The first-order chi connectivity index (χ1) is 11.5. The highest BCUT2D eigenvalue weighted by molar-refractivity contribution is 5.82. The molecule has 0 aliphatic heterocycles. The zero-order chi connectivity index (χ0) is 17.1. The van der Waals surface area contributed by atoms with Crippen LogP contribution in [0.3, 0.4) is 0 Å². The van der Waals surface area contributed by atoms with Crippen molar-refractivity contribution in [2.24, 2.45) is 7.05 Å². The zero-order valence-electron chi connectivity index (χ0n) is 14.0. The Kier molecular flexibility index (Phi) is 4.65. The Morgan fingerprint density at radius 1 is 1.08 bits per heavy atom. The fourth-order valence-electron chi connectivity index (χ4n) is 2.84. The summed E-state index contributed by atoms with van der Waals surface area (Å²) >= 11 is 0. The van der Waals surface area contributed by atoms with Crippen LogP contribution in [-0.2, 0) is 24.8 Å². The highest BCUT2D eigenvalue weighted by Gasteiger charge is 2.06. The Labute approximate surface area is 141 Å². The summed E-state index contributed by atoms with van der Waals surface area (Å²) in [6.07, 6.45) is 1.02. The number of hydrogen-bond acceptors (Lipinski definition) is 1. The number of amides is 1. The predicted octanol–water partition coefficient (Wildman–Crippen LogP) is 3.87. The van der Waals surface area contributed by atoms with E-state index >= 15 is 0 Å². The first kappa shape index (κ1) is 16.2. The zero-order valence-corrected chi connectivity index (χ0v) is 14.0. The van der Waals surface area contributed by atoms with Gasteiger partial charge in [-0.05, 0) is 54.8 Å². The molecule has 1 aromatic heterocycles. The molecule has 0 saturated heterocycles. The molecule has 0 spiro atoms. The molecule has 0 saturated carbocycles. The van der Waals surface area contributed by atoms with Gasteiger partial charge in [-0.25, -0.2) is 4.39 Å². The van der Waals surface area contributed by atoms with E-state index in [1.165, 1.54) is 28.7 Å². The van der Waals surface area contributed by atoms with Crippen LogP contribution in [0.25, 0.3) is 10.9 Å². The molecule has 4 heteroatoms. The van der Waals surface area contributed by atoms with Gasteiger partial charge in [-0.3, -0.25) is 4.79 Å². The van der Waals surface area contributed by atoms with Gasteiger partial charge in [0.15, 0.2) is 0 Å². The Balaban J connectivity index is 1.55. The first-order valence-electron chi connectivity index (χ1n) is 8.09. The summed E-state index contributed by atoms with van der Waals surface area (Å²) in [6, 6.07) is 14.7. The molecule has 0 fully saturated rings. The summed E-state index contributed by atoms with van der Waals surface area (Å²) in [4.78, 5) is 12.0.